The largest absolute Gasteiger partial charge is 0.336 e. The van der Waals surface area contributed by atoms with E-state index in [2.05, 4.69) is 16.0 Å². The third kappa shape index (κ3) is 3.57. The summed E-state index contributed by atoms with van der Waals surface area (Å²) in [5.41, 5.74) is 1.89. The topological polar surface area (TPSA) is 36.4 Å². The number of benzene rings is 2. The van der Waals surface area contributed by atoms with Crippen LogP contribution in [0.5, 0.6) is 0 Å². The van der Waals surface area contributed by atoms with Crippen molar-refractivity contribution in [2.75, 3.05) is 26.2 Å². The fraction of sp³-hybridized carbons (Fsp3) is 0.238. The van der Waals surface area contributed by atoms with Crippen LogP contribution >= 0.6 is 11.6 Å². The summed E-state index contributed by atoms with van der Waals surface area (Å²) in [7, 11) is 0. The molecule has 0 bridgehead atoms. The van der Waals surface area contributed by atoms with Crippen molar-refractivity contribution in [2.24, 2.45) is 0 Å². The zero-order chi connectivity index (χ0) is 17.9. The van der Waals surface area contributed by atoms with Crippen molar-refractivity contribution in [2.45, 2.75) is 6.54 Å². The van der Waals surface area contributed by atoms with Crippen molar-refractivity contribution in [1.29, 1.82) is 0 Å². The van der Waals surface area contributed by atoms with Crippen LogP contribution in [0.4, 0.5) is 0 Å². The van der Waals surface area contributed by atoms with Gasteiger partial charge < -0.3 is 4.90 Å². The normalized spacial score (nSPS) is 15.3. The van der Waals surface area contributed by atoms with E-state index in [0.29, 0.717) is 5.56 Å². The molecule has 0 atom stereocenters. The lowest BCUT2D eigenvalue weighted by Gasteiger charge is -2.35. The van der Waals surface area contributed by atoms with E-state index in [1.807, 2.05) is 47.4 Å². The summed E-state index contributed by atoms with van der Waals surface area (Å²) < 4.78 is 0. The molecule has 1 amide bonds. The first-order chi connectivity index (χ1) is 12.7. The second kappa shape index (κ2) is 7.44. The maximum Gasteiger partial charge on any atom is 0.256 e. The van der Waals surface area contributed by atoms with Crippen molar-refractivity contribution in [3.63, 3.8) is 0 Å². The smallest absolute Gasteiger partial charge is 0.256 e. The van der Waals surface area contributed by atoms with Gasteiger partial charge in [0.15, 0.2) is 0 Å². The molecule has 4 rings (SSSR count). The Morgan fingerprint density at radius 1 is 1.00 bits per heavy atom. The maximum atomic E-state index is 13.0. The quantitative estimate of drug-likeness (QED) is 0.707. The summed E-state index contributed by atoms with van der Waals surface area (Å²) in [6.45, 7) is 4.02. The summed E-state index contributed by atoms with van der Waals surface area (Å²) in [5, 5.41) is 2.73. The molecule has 0 spiro atoms. The number of nitrogens with zero attached hydrogens (tertiary/aromatic N) is 3. The molecular weight excluding hydrogens is 346 g/mol. The molecule has 0 unspecified atom stereocenters. The van der Waals surface area contributed by atoms with Gasteiger partial charge >= 0.3 is 0 Å². The van der Waals surface area contributed by atoms with E-state index in [1.165, 1.54) is 5.56 Å². The number of aromatic nitrogens is 1. The van der Waals surface area contributed by atoms with E-state index in [4.69, 9.17) is 11.6 Å². The van der Waals surface area contributed by atoms with Gasteiger partial charge in [0.2, 0.25) is 0 Å². The number of hydrogen-bond acceptors (Lipinski definition) is 3. The summed E-state index contributed by atoms with van der Waals surface area (Å²) in [4.78, 5) is 21.5. The summed E-state index contributed by atoms with van der Waals surface area (Å²) >= 11 is 6.07. The first kappa shape index (κ1) is 17.0. The van der Waals surface area contributed by atoms with E-state index in [1.54, 1.807) is 12.4 Å². The maximum absolute atomic E-state index is 13.0. The van der Waals surface area contributed by atoms with Crippen LogP contribution in [0.15, 0.2) is 60.9 Å². The number of pyridine rings is 1. The Balaban J connectivity index is 1.43. The predicted octanol–water partition coefficient (Wildman–Crippen LogP) is 3.85. The minimum atomic E-state index is 0.0664. The van der Waals surface area contributed by atoms with E-state index in [9.17, 15) is 4.79 Å². The lowest BCUT2D eigenvalue weighted by molar-refractivity contribution is 0.0630. The lowest BCUT2D eigenvalue weighted by Crippen LogP contribution is -2.48. The Labute approximate surface area is 158 Å². The molecule has 1 aliphatic rings. The minimum Gasteiger partial charge on any atom is -0.336 e. The molecule has 5 heteroatoms. The summed E-state index contributed by atoms with van der Waals surface area (Å²) in [5.74, 6) is 0.0664. The molecule has 26 heavy (non-hydrogen) atoms. The van der Waals surface area contributed by atoms with Gasteiger partial charge in [-0.05, 0) is 23.1 Å². The third-order valence-electron chi connectivity index (χ3n) is 4.85. The molecule has 0 N–H and O–H groups in total. The molecule has 0 saturated carbocycles. The number of amides is 1. The standard InChI is InChI=1S/C21H20ClN3O/c22-18-6-3-4-16(12-18)15-24-8-10-25(11-9-24)21(26)20-14-23-13-17-5-1-2-7-19(17)20/h1-7,12-14H,8-11,15H2. The van der Waals surface area contributed by atoms with Crippen LogP contribution in [0.3, 0.4) is 0 Å². The molecule has 0 radical (unpaired) electrons. The zero-order valence-corrected chi connectivity index (χ0v) is 15.2. The predicted molar refractivity (Wildman–Crippen MR) is 104 cm³/mol. The van der Waals surface area contributed by atoms with Crippen LogP contribution < -0.4 is 0 Å². The number of carbonyl (C=O) groups excluding carboxylic acids is 1. The van der Waals surface area contributed by atoms with Crippen LogP contribution in [0, 0.1) is 0 Å². The molecule has 1 aliphatic heterocycles. The second-order valence-corrected chi connectivity index (χ2v) is 7.04. The number of hydrogen-bond donors (Lipinski definition) is 0. The van der Waals surface area contributed by atoms with Gasteiger partial charge in [0.25, 0.3) is 5.91 Å². The van der Waals surface area contributed by atoms with Gasteiger partial charge in [0.05, 0.1) is 5.56 Å². The molecule has 4 nitrogen and oxygen atoms in total. The number of piperazine rings is 1. The van der Waals surface area contributed by atoms with Crippen molar-refractivity contribution in [3.05, 3.63) is 77.1 Å². The van der Waals surface area contributed by atoms with E-state index in [-0.39, 0.29) is 5.91 Å². The highest BCUT2D eigenvalue weighted by atomic mass is 35.5. The molecule has 1 fully saturated rings. The van der Waals surface area contributed by atoms with Crippen LogP contribution in [-0.4, -0.2) is 46.9 Å². The highest BCUT2D eigenvalue weighted by molar-refractivity contribution is 6.30. The summed E-state index contributed by atoms with van der Waals surface area (Å²) in [6.07, 6.45) is 3.48. The molecule has 0 aliphatic carbocycles. The molecule has 2 aromatic carbocycles. The number of fused-ring (bicyclic) bond motifs is 1. The molecule has 1 saturated heterocycles. The van der Waals surface area contributed by atoms with Gasteiger partial charge in [-0.3, -0.25) is 14.7 Å². The molecule has 132 valence electrons. The molecular formula is C21H20ClN3O. The molecule has 1 aromatic heterocycles. The Hall–Kier alpha value is -2.43. The van der Waals surface area contributed by atoms with Crippen molar-refractivity contribution in [3.8, 4) is 0 Å². The van der Waals surface area contributed by atoms with Crippen LogP contribution in [0.2, 0.25) is 5.02 Å². The van der Waals surface area contributed by atoms with Crippen LogP contribution in [0.1, 0.15) is 15.9 Å². The lowest BCUT2D eigenvalue weighted by atomic mass is 10.1. The average Bonchev–Trinajstić information content (AvgIpc) is 2.68. The van der Waals surface area contributed by atoms with Crippen molar-refractivity contribution >= 4 is 28.3 Å². The zero-order valence-electron chi connectivity index (χ0n) is 14.4. The first-order valence-corrected chi connectivity index (χ1v) is 9.17. The Bertz CT molecular complexity index is 930. The van der Waals surface area contributed by atoms with Crippen molar-refractivity contribution < 1.29 is 4.79 Å². The van der Waals surface area contributed by atoms with Gasteiger partial charge in [-0.15, -0.1) is 0 Å². The van der Waals surface area contributed by atoms with Gasteiger partial charge in [-0.2, -0.15) is 0 Å². The van der Waals surface area contributed by atoms with Crippen molar-refractivity contribution in [1.82, 2.24) is 14.8 Å². The average molecular weight is 366 g/mol. The Morgan fingerprint density at radius 2 is 1.81 bits per heavy atom. The van der Waals surface area contributed by atoms with E-state index >= 15 is 0 Å². The number of carbonyl (C=O) groups is 1. The number of halogens is 1. The fourth-order valence-electron chi connectivity index (χ4n) is 3.46. The monoisotopic (exact) mass is 365 g/mol. The van der Waals surface area contributed by atoms with Gasteiger partial charge in [-0.25, -0.2) is 0 Å². The molecule has 2 heterocycles. The SMILES string of the molecule is O=C(c1cncc2ccccc12)N1CCN(Cc2cccc(Cl)c2)CC1. The Morgan fingerprint density at radius 3 is 2.62 bits per heavy atom. The van der Waals surface area contributed by atoms with Crippen LogP contribution in [-0.2, 0) is 6.54 Å². The van der Waals surface area contributed by atoms with Crippen LogP contribution in [0.25, 0.3) is 10.8 Å². The first-order valence-electron chi connectivity index (χ1n) is 8.79. The number of rotatable bonds is 3. The fourth-order valence-corrected chi connectivity index (χ4v) is 3.67. The minimum absolute atomic E-state index is 0.0664. The van der Waals surface area contributed by atoms with E-state index < -0.39 is 0 Å². The highest BCUT2D eigenvalue weighted by Gasteiger charge is 2.23. The summed E-state index contributed by atoms with van der Waals surface area (Å²) in [6, 6.07) is 15.9. The van der Waals surface area contributed by atoms with Gasteiger partial charge in [-0.1, -0.05) is 48.0 Å². The second-order valence-electron chi connectivity index (χ2n) is 6.61. The van der Waals surface area contributed by atoms with E-state index in [0.717, 1.165) is 48.5 Å². The Kier molecular flexibility index (Phi) is 4.87. The third-order valence-corrected chi connectivity index (χ3v) is 5.09. The highest BCUT2D eigenvalue weighted by Crippen LogP contribution is 2.20. The van der Waals surface area contributed by atoms with Gasteiger partial charge in [0.1, 0.15) is 0 Å². The van der Waals surface area contributed by atoms with Gasteiger partial charge in [0, 0.05) is 55.5 Å². The molecule has 3 aromatic rings.